The quantitative estimate of drug-likeness (QED) is 0.585. The van der Waals surface area contributed by atoms with Gasteiger partial charge in [0.05, 0.1) is 6.54 Å². The van der Waals surface area contributed by atoms with Crippen LogP contribution in [-0.2, 0) is 16.8 Å². The number of hydrogen-bond donors (Lipinski definition) is 3. The molecule has 1 fully saturated rings. The Balaban J connectivity index is 1.83. The maximum atomic E-state index is 12.1. The van der Waals surface area contributed by atoms with Crippen LogP contribution in [0.1, 0.15) is 18.7 Å². The van der Waals surface area contributed by atoms with Crippen LogP contribution in [0, 0.1) is 5.92 Å². The highest BCUT2D eigenvalue weighted by molar-refractivity contribution is 7.87. The summed E-state index contributed by atoms with van der Waals surface area (Å²) in [6.45, 7) is 2.08. The van der Waals surface area contributed by atoms with Gasteiger partial charge in [0.15, 0.2) is 5.82 Å². The van der Waals surface area contributed by atoms with Crippen LogP contribution in [0.2, 0.25) is 0 Å². The first-order chi connectivity index (χ1) is 9.12. The number of aromatic amines is 1. The number of piperidine rings is 1. The second-order valence-corrected chi connectivity index (χ2v) is 6.31. The highest BCUT2D eigenvalue weighted by Crippen LogP contribution is 2.18. The first-order valence-corrected chi connectivity index (χ1v) is 7.67. The van der Waals surface area contributed by atoms with Crippen molar-refractivity contribution in [2.24, 2.45) is 5.92 Å². The van der Waals surface area contributed by atoms with Gasteiger partial charge in [0.2, 0.25) is 0 Å². The first kappa shape index (κ1) is 14.3. The minimum Gasteiger partial charge on any atom is -0.319 e. The van der Waals surface area contributed by atoms with Crippen molar-refractivity contribution >= 4 is 10.2 Å². The summed E-state index contributed by atoms with van der Waals surface area (Å²) < 4.78 is 28.1. The standard InChI is InChI=1S/C9H19N7O2S/c1-10-6-8-2-4-16(5-3-8)19(17,18)11-7-9-12-14-15-13-9/h8,10-11H,2-7H2,1H3,(H,12,13,14,15). The van der Waals surface area contributed by atoms with Crippen LogP contribution in [0.15, 0.2) is 0 Å². The van der Waals surface area contributed by atoms with Crippen molar-refractivity contribution in [3.63, 3.8) is 0 Å². The maximum absolute atomic E-state index is 12.1. The van der Waals surface area contributed by atoms with Crippen molar-refractivity contribution in [3.8, 4) is 0 Å². The predicted molar refractivity (Wildman–Crippen MR) is 68.2 cm³/mol. The van der Waals surface area contributed by atoms with E-state index in [4.69, 9.17) is 0 Å². The highest BCUT2D eigenvalue weighted by atomic mass is 32.2. The molecule has 2 heterocycles. The van der Waals surface area contributed by atoms with Crippen molar-refractivity contribution in [2.75, 3.05) is 26.7 Å². The number of nitrogens with one attached hydrogen (secondary N) is 3. The second kappa shape index (κ2) is 6.37. The summed E-state index contributed by atoms with van der Waals surface area (Å²) in [5, 5.41) is 16.2. The highest BCUT2D eigenvalue weighted by Gasteiger charge is 2.27. The van der Waals surface area contributed by atoms with E-state index in [2.05, 4.69) is 30.7 Å². The SMILES string of the molecule is CNCC1CCN(S(=O)(=O)NCc2nn[nH]n2)CC1. The van der Waals surface area contributed by atoms with E-state index in [0.29, 0.717) is 24.8 Å². The Morgan fingerprint density at radius 1 is 1.42 bits per heavy atom. The fourth-order valence-corrected chi connectivity index (χ4v) is 3.33. The summed E-state index contributed by atoms with van der Waals surface area (Å²) in [5.74, 6) is 0.877. The molecule has 3 N–H and O–H groups in total. The summed E-state index contributed by atoms with van der Waals surface area (Å²) in [6.07, 6.45) is 1.76. The van der Waals surface area contributed by atoms with E-state index in [1.165, 1.54) is 4.31 Å². The number of H-pyrrole nitrogens is 1. The number of hydrogen-bond acceptors (Lipinski definition) is 6. The summed E-state index contributed by atoms with van der Waals surface area (Å²) in [7, 11) is -1.54. The summed E-state index contributed by atoms with van der Waals surface area (Å²) in [4.78, 5) is 0. The molecule has 0 atom stereocenters. The molecule has 2 rings (SSSR count). The summed E-state index contributed by atoms with van der Waals surface area (Å²) in [6, 6.07) is 0. The molecule has 10 heteroatoms. The molecule has 1 aromatic heterocycles. The zero-order valence-electron chi connectivity index (χ0n) is 10.8. The number of aromatic nitrogens is 4. The molecule has 1 aliphatic rings. The van der Waals surface area contributed by atoms with Gasteiger partial charge in [-0.3, -0.25) is 0 Å². The lowest BCUT2D eigenvalue weighted by Crippen LogP contribution is -2.45. The maximum Gasteiger partial charge on any atom is 0.279 e. The van der Waals surface area contributed by atoms with E-state index in [9.17, 15) is 8.42 Å². The van der Waals surface area contributed by atoms with Crippen molar-refractivity contribution in [1.82, 2.24) is 35.0 Å². The number of rotatable bonds is 6. The van der Waals surface area contributed by atoms with Crippen molar-refractivity contribution in [3.05, 3.63) is 5.82 Å². The molecule has 9 nitrogen and oxygen atoms in total. The smallest absolute Gasteiger partial charge is 0.279 e. The Bertz CT molecular complexity index is 467. The lowest BCUT2D eigenvalue weighted by molar-refractivity contribution is 0.268. The number of nitrogens with zero attached hydrogens (tertiary/aromatic N) is 4. The lowest BCUT2D eigenvalue weighted by Gasteiger charge is -2.30. The Hall–Kier alpha value is -1.10. The van der Waals surface area contributed by atoms with Gasteiger partial charge in [0.1, 0.15) is 0 Å². The second-order valence-electron chi connectivity index (χ2n) is 4.55. The Kier molecular flexibility index (Phi) is 4.80. The minimum absolute atomic E-state index is 0.0509. The Labute approximate surface area is 112 Å². The average Bonchev–Trinajstić information content (AvgIpc) is 2.91. The minimum atomic E-state index is -3.46. The van der Waals surface area contributed by atoms with Gasteiger partial charge in [0.25, 0.3) is 10.2 Å². The van der Waals surface area contributed by atoms with E-state index in [0.717, 1.165) is 19.4 Å². The third-order valence-corrected chi connectivity index (χ3v) is 4.76. The monoisotopic (exact) mass is 289 g/mol. The van der Waals surface area contributed by atoms with Crippen LogP contribution in [0.5, 0.6) is 0 Å². The summed E-state index contributed by atoms with van der Waals surface area (Å²) >= 11 is 0. The van der Waals surface area contributed by atoms with Gasteiger partial charge >= 0.3 is 0 Å². The fraction of sp³-hybridized carbons (Fsp3) is 0.889. The molecule has 1 aromatic rings. The van der Waals surface area contributed by atoms with E-state index in [1.807, 2.05) is 7.05 Å². The van der Waals surface area contributed by atoms with Crippen LogP contribution < -0.4 is 10.0 Å². The van der Waals surface area contributed by atoms with Crippen LogP contribution in [0.4, 0.5) is 0 Å². The molecule has 108 valence electrons. The Morgan fingerprint density at radius 2 is 2.16 bits per heavy atom. The number of tetrazole rings is 1. The lowest BCUT2D eigenvalue weighted by atomic mass is 9.98. The normalized spacial score (nSPS) is 18.8. The predicted octanol–water partition coefficient (Wildman–Crippen LogP) is -1.53. The van der Waals surface area contributed by atoms with Gasteiger partial charge in [-0.1, -0.05) is 5.21 Å². The zero-order valence-corrected chi connectivity index (χ0v) is 11.7. The molecule has 0 spiro atoms. The van der Waals surface area contributed by atoms with Crippen molar-refractivity contribution < 1.29 is 8.42 Å². The molecular weight excluding hydrogens is 270 g/mol. The first-order valence-electron chi connectivity index (χ1n) is 6.23. The molecular formula is C9H19N7O2S. The Morgan fingerprint density at radius 3 is 2.74 bits per heavy atom. The molecule has 1 saturated heterocycles. The molecule has 1 aliphatic heterocycles. The molecule has 0 unspecified atom stereocenters. The van der Waals surface area contributed by atoms with Crippen LogP contribution in [0.3, 0.4) is 0 Å². The molecule has 0 saturated carbocycles. The van der Waals surface area contributed by atoms with E-state index >= 15 is 0 Å². The largest absolute Gasteiger partial charge is 0.319 e. The average molecular weight is 289 g/mol. The molecule has 0 radical (unpaired) electrons. The van der Waals surface area contributed by atoms with Gasteiger partial charge in [-0.15, -0.1) is 10.2 Å². The summed E-state index contributed by atoms with van der Waals surface area (Å²) in [5.41, 5.74) is 0. The van der Waals surface area contributed by atoms with Gasteiger partial charge in [-0.2, -0.15) is 22.7 Å². The van der Waals surface area contributed by atoms with E-state index < -0.39 is 10.2 Å². The van der Waals surface area contributed by atoms with Gasteiger partial charge < -0.3 is 5.32 Å². The zero-order chi connectivity index (χ0) is 13.7. The van der Waals surface area contributed by atoms with Gasteiger partial charge in [-0.05, 0) is 32.4 Å². The van der Waals surface area contributed by atoms with Crippen LogP contribution >= 0.6 is 0 Å². The molecule has 0 bridgehead atoms. The molecule has 0 aliphatic carbocycles. The third-order valence-electron chi connectivity index (χ3n) is 3.21. The van der Waals surface area contributed by atoms with Crippen LogP contribution in [-0.4, -0.2) is 60.0 Å². The van der Waals surface area contributed by atoms with E-state index in [-0.39, 0.29) is 6.54 Å². The van der Waals surface area contributed by atoms with E-state index in [1.54, 1.807) is 0 Å². The topological polar surface area (TPSA) is 116 Å². The van der Waals surface area contributed by atoms with Crippen LogP contribution in [0.25, 0.3) is 0 Å². The van der Waals surface area contributed by atoms with Crippen molar-refractivity contribution in [1.29, 1.82) is 0 Å². The van der Waals surface area contributed by atoms with Gasteiger partial charge in [-0.25, -0.2) is 0 Å². The molecule has 19 heavy (non-hydrogen) atoms. The molecule has 0 aromatic carbocycles. The molecule has 0 amide bonds. The fourth-order valence-electron chi connectivity index (χ4n) is 2.15. The van der Waals surface area contributed by atoms with Crippen molar-refractivity contribution in [2.45, 2.75) is 19.4 Å². The third kappa shape index (κ3) is 3.93. The van der Waals surface area contributed by atoms with Gasteiger partial charge in [0, 0.05) is 13.1 Å².